The van der Waals surface area contributed by atoms with E-state index in [1.807, 2.05) is 0 Å². The lowest BCUT2D eigenvalue weighted by Crippen LogP contribution is -1.99. The summed E-state index contributed by atoms with van der Waals surface area (Å²) in [5.41, 5.74) is 0. The standard InChI is InChI=1S/C10H8BrF2N3OS/c1-14-10-16-15-8(18-10)4-17-7-3-5(11)2-6(12)9(7)13/h2-3H,4H2,1H3,(H,14,16). The Morgan fingerprint density at radius 1 is 1.39 bits per heavy atom. The number of rotatable bonds is 4. The van der Waals surface area contributed by atoms with Gasteiger partial charge in [-0.1, -0.05) is 27.3 Å². The average Bonchev–Trinajstić information content (AvgIpc) is 2.80. The molecule has 0 aliphatic carbocycles. The van der Waals surface area contributed by atoms with Crippen LogP contribution in [0.4, 0.5) is 13.9 Å². The summed E-state index contributed by atoms with van der Waals surface area (Å²) < 4.78 is 32.1. The molecule has 0 amide bonds. The van der Waals surface area contributed by atoms with Crippen molar-refractivity contribution in [2.75, 3.05) is 12.4 Å². The predicted molar refractivity (Wildman–Crippen MR) is 67.8 cm³/mol. The first-order valence-electron chi connectivity index (χ1n) is 4.87. The van der Waals surface area contributed by atoms with Crippen LogP contribution >= 0.6 is 27.3 Å². The quantitative estimate of drug-likeness (QED) is 0.871. The van der Waals surface area contributed by atoms with Crippen LogP contribution < -0.4 is 10.1 Å². The molecule has 1 aromatic heterocycles. The van der Waals surface area contributed by atoms with Gasteiger partial charge in [-0.3, -0.25) is 0 Å². The second-order valence-corrected chi connectivity index (χ2v) is 5.22. The second kappa shape index (κ2) is 5.57. The number of halogens is 3. The van der Waals surface area contributed by atoms with E-state index in [-0.39, 0.29) is 12.4 Å². The lowest BCUT2D eigenvalue weighted by atomic mass is 10.3. The maximum absolute atomic E-state index is 13.4. The fourth-order valence-electron chi connectivity index (χ4n) is 1.19. The molecule has 0 saturated carbocycles. The highest BCUT2D eigenvalue weighted by Crippen LogP contribution is 2.26. The van der Waals surface area contributed by atoms with Crippen LogP contribution in [0.15, 0.2) is 16.6 Å². The van der Waals surface area contributed by atoms with Gasteiger partial charge < -0.3 is 10.1 Å². The van der Waals surface area contributed by atoms with E-state index >= 15 is 0 Å². The Balaban J connectivity index is 2.10. The Labute approximate surface area is 114 Å². The van der Waals surface area contributed by atoms with Crippen LogP contribution in [0.2, 0.25) is 0 Å². The van der Waals surface area contributed by atoms with E-state index in [1.54, 1.807) is 7.05 Å². The molecule has 0 fully saturated rings. The van der Waals surface area contributed by atoms with E-state index < -0.39 is 11.6 Å². The van der Waals surface area contributed by atoms with Crippen molar-refractivity contribution in [1.82, 2.24) is 10.2 Å². The fourth-order valence-corrected chi connectivity index (χ4v) is 2.21. The first kappa shape index (κ1) is 13.2. The van der Waals surface area contributed by atoms with Crippen molar-refractivity contribution in [3.8, 4) is 5.75 Å². The van der Waals surface area contributed by atoms with Gasteiger partial charge in [-0.25, -0.2) is 4.39 Å². The van der Waals surface area contributed by atoms with Crippen LogP contribution in [-0.2, 0) is 6.61 Å². The minimum atomic E-state index is -1.02. The van der Waals surface area contributed by atoms with Gasteiger partial charge in [0.2, 0.25) is 10.9 Å². The summed E-state index contributed by atoms with van der Waals surface area (Å²) >= 11 is 4.35. The Bertz CT molecular complexity index is 564. The van der Waals surface area contributed by atoms with Crippen molar-refractivity contribution < 1.29 is 13.5 Å². The molecule has 0 radical (unpaired) electrons. The van der Waals surface area contributed by atoms with Crippen molar-refractivity contribution in [1.29, 1.82) is 0 Å². The van der Waals surface area contributed by atoms with Gasteiger partial charge in [0.15, 0.2) is 16.6 Å². The minimum Gasteiger partial charge on any atom is -0.483 e. The molecule has 1 N–H and O–H groups in total. The van der Waals surface area contributed by atoms with Crippen LogP contribution in [0.1, 0.15) is 5.01 Å². The largest absolute Gasteiger partial charge is 0.483 e. The van der Waals surface area contributed by atoms with E-state index in [0.717, 1.165) is 6.07 Å². The van der Waals surface area contributed by atoms with Crippen LogP contribution in [-0.4, -0.2) is 17.2 Å². The maximum atomic E-state index is 13.4. The number of benzene rings is 1. The summed E-state index contributed by atoms with van der Waals surface area (Å²) in [6.45, 7) is 0.0339. The zero-order chi connectivity index (χ0) is 13.1. The molecule has 1 heterocycles. The van der Waals surface area contributed by atoms with Crippen molar-refractivity contribution in [2.45, 2.75) is 6.61 Å². The van der Waals surface area contributed by atoms with Gasteiger partial charge in [-0.2, -0.15) is 4.39 Å². The van der Waals surface area contributed by atoms with E-state index in [0.29, 0.717) is 14.6 Å². The number of anilines is 1. The highest BCUT2D eigenvalue weighted by molar-refractivity contribution is 9.10. The van der Waals surface area contributed by atoms with Crippen molar-refractivity contribution >= 4 is 32.4 Å². The highest BCUT2D eigenvalue weighted by Gasteiger charge is 2.12. The zero-order valence-electron chi connectivity index (χ0n) is 9.21. The molecule has 0 unspecified atom stereocenters. The van der Waals surface area contributed by atoms with Crippen molar-refractivity contribution in [2.24, 2.45) is 0 Å². The Morgan fingerprint density at radius 2 is 2.17 bits per heavy atom. The summed E-state index contributed by atoms with van der Waals surface area (Å²) in [5.74, 6) is -2.15. The molecule has 18 heavy (non-hydrogen) atoms. The molecule has 0 spiro atoms. The lowest BCUT2D eigenvalue weighted by molar-refractivity contribution is 0.283. The Kier molecular flexibility index (Phi) is 4.07. The van der Waals surface area contributed by atoms with Gasteiger partial charge in [-0.05, 0) is 12.1 Å². The molecule has 2 aromatic rings. The van der Waals surface area contributed by atoms with Gasteiger partial charge >= 0.3 is 0 Å². The molecule has 0 aliphatic rings. The zero-order valence-corrected chi connectivity index (χ0v) is 11.6. The topological polar surface area (TPSA) is 47.0 Å². The number of nitrogens with one attached hydrogen (secondary N) is 1. The van der Waals surface area contributed by atoms with Gasteiger partial charge in [0.25, 0.3) is 0 Å². The third-order valence-electron chi connectivity index (χ3n) is 1.99. The highest BCUT2D eigenvalue weighted by atomic mass is 79.9. The van der Waals surface area contributed by atoms with Gasteiger partial charge in [-0.15, -0.1) is 10.2 Å². The fraction of sp³-hybridized carbons (Fsp3) is 0.200. The summed E-state index contributed by atoms with van der Waals surface area (Å²) in [5, 5.41) is 11.7. The number of aromatic nitrogens is 2. The summed E-state index contributed by atoms with van der Waals surface area (Å²) in [4.78, 5) is 0. The Morgan fingerprint density at radius 3 is 2.83 bits per heavy atom. The number of hydrogen-bond acceptors (Lipinski definition) is 5. The smallest absolute Gasteiger partial charge is 0.205 e. The van der Waals surface area contributed by atoms with Crippen LogP contribution in [0, 0.1) is 11.6 Å². The molecular weight excluding hydrogens is 328 g/mol. The lowest BCUT2D eigenvalue weighted by Gasteiger charge is -2.06. The molecule has 2 rings (SSSR count). The molecular formula is C10H8BrF2N3OS. The van der Waals surface area contributed by atoms with E-state index in [2.05, 4.69) is 31.4 Å². The first-order valence-corrected chi connectivity index (χ1v) is 6.48. The average molecular weight is 336 g/mol. The van der Waals surface area contributed by atoms with Crippen molar-refractivity contribution in [3.05, 3.63) is 33.2 Å². The monoisotopic (exact) mass is 335 g/mol. The van der Waals surface area contributed by atoms with Crippen LogP contribution in [0.25, 0.3) is 0 Å². The van der Waals surface area contributed by atoms with E-state index in [4.69, 9.17) is 4.74 Å². The molecule has 0 aliphatic heterocycles. The Hall–Kier alpha value is -1.28. The summed E-state index contributed by atoms with van der Waals surface area (Å²) in [7, 11) is 1.72. The van der Waals surface area contributed by atoms with Gasteiger partial charge in [0, 0.05) is 11.5 Å². The van der Waals surface area contributed by atoms with Crippen LogP contribution in [0.3, 0.4) is 0 Å². The van der Waals surface area contributed by atoms with Crippen LogP contribution in [0.5, 0.6) is 5.75 Å². The van der Waals surface area contributed by atoms with Gasteiger partial charge in [0.1, 0.15) is 6.61 Å². The normalized spacial score (nSPS) is 10.4. The van der Waals surface area contributed by atoms with E-state index in [1.165, 1.54) is 17.4 Å². The van der Waals surface area contributed by atoms with Crippen molar-refractivity contribution in [3.63, 3.8) is 0 Å². The SMILES string of the molecule is CNc1nnc(COc2cc(Br)cc(F)c2F)s1. The first-order chi connectivity index (χ1) is 8.60. The third kappa shape index (κ3) is 2.94. The molecule has 8 heteroatoms. The molecule has 0 saturated heterocycles. The second-order valence-electron chi connectivity index (χ2n) is 3.24. The number of nitrogens with zero attached hydrogens (tertiary/aromatic N) is 2. The molecule has 0 atom stereocenters. The summed E-state index contributed by atoms with van der Waals surface area (Å²) in [6.07, 6.45) is 0. The summed E-state index contributed by atoms with van der Waals surface area (Å²) in [6, 6.07) is 2.39. The third-order valence-corrected chi connectivity index (χ3v) is 3.36. The molecule has 4 nitrogen and oxygen atoms in total. The van der Waals surface area contributed by atoms with Gasteiger partial charge in [0.05, 0.1) is 0 Å². The maximum Gasteiger partial charge on any atom is 0.205 e. The van der Waals surface area contributed by atoms with E-state index in [9.17, 15) is 8.78 Å². The number of hydrogen-bond donors (Lipinski definition) is 1. The molecule has 0 bridgehead atoms. The predicted octanol–water partition coefficient (Wildman–Crippen LogP) is 3.20. The molecule has 96 valence electrons. The minimum absolute atomic E-state index is 0.0339. The molecule has 1 aromatic carbocycles. The number of ether oxygens (including phenoxy) is 1.